The average molecular weight is 302 g/mol. The average Bonchev–Trinajstić information content (AvgIpc) is 2.49. The Labute approximate surface area is 129 Å². The van der Waals surface area contributed by atoms with Crippen molar-refractivity contribution in [2.75, 3.05) is 6.61 Å². The van der Waals surface area contributed by atoms with Gasteiger partial charge >= 0.3 is 5.97 Å². The molecule has 0 fully saturated rings. The number of aliphatic hydroxyl groups excluding tert-OH is 2. The second-order valence-corrected chi connectivity index (χ2v) is 5.35. The number of aliphatic hydroxyl groups is 2. The number of carboxylic acid groups (broad SMARTS) is 1. The van der Waals surface area contributed by atoms with Crippen LogP contribution in [-0.4, -0.2) is 34.0 Å². The van der Waals surface area contributed by atoms with Gasteiger partial charge in [-0.25, -0.2) is 4.79 Å². The molecule has 1 unspecified atom stereocenters. The van der Waals surface area contributed by atoms with Gasteiger partial charge in [-0.3, -0.25) is 0 Å². The first-order valence-electron chi connectivity index (χ1n) is 8.22. The van der Waals surface area contributed by atoms with E-state index >= 15 is 0 Å². The van der Waals surface area contributed by atoms with Crippen LogP contribution in [0.5, 0.6) is 0 Å². The normalized spacial score (nSPS) is 11.4. The molecule has 0 saturated carbocycles. The highest BCUT2D eigenvalue weighted by Crippen LogP contribution is 2.11. The second kappa shape index (κ2) is 19.1. The number of rotatable bonds is 13. The summed E-state index contributed by atoms with van der Waals surface area (Å²) in [5.41, 5.74) is 0. The summed E-state index contributed by atoms with van der Waals surface area (Å²) in [7, 11) is 0. The van der Waals surface area contributed by atoms with Gasteiger partial charge in [0.15, 0.2) is 0 Å². The fraction of sp³-hybridized carbons (Fsp3) is 0.824. The van der Waals surface area contributed by atoms with Crippen LogP contribution in [0.2, 0.25) is 0 Å². The molecule has 0 aliphatic carbocycles. The SMILES string of the molecule is C=CC(=O)O.CCCCCCCCCCCCC(O)CO. The van der Waals surface area contributed by atoms with E-state index in [9.17, 15) is 4.79 Å². The molecule has 0 aromatic rings. The van der Waals surface area contributed by atoms with Crippen molar-refractivity contribution >= 4 is 5.97 Å². The quantitative estimate of drug-likeness (QED) is 0.356. The monoisotopic (exact) mass is 302 g/mol. The van der Waals surface area contributed by atoms with E-state index in [2.05, 4.69) is 13.5 Å². The van der Waals surface area contributed by atoms with Gasteiger partial charge in [0.2, 0.25) is 0 Å². The third-order valence-corrected chi connectivity index (χ3v) is 3.28. The van der Waals surface area contributed by atoms with Crippen LogP contribution >= 0.6 is 0 Å². The minimum atomic E-state index is -0.981. The smallest absolute Gasteiger partial charge is 0.327 e. The van der Waals surface area contributed by atoms with Gasteiger partial charge in [0.25, 0.3) is 0 Å². The van der Waals surface area contributed by atoms with Crippen LogP contribution in [0.1, 0.15) is 77.6 Å². The Morgan fingerprint density at radius 3 is 1.71 bits per heavy atom. The van der Waals surface area contributed by atoms with Crippen LogP contribution < -0.4 is 0 Å². The molecule has 0 spiro atoms. The van der Waals surface area contributed by atoms with E-state index in [1.165, 1.54) is 57.8 Å². The molecule has 1 atom stereocenters. The lowest BCUT2D eigenvalue weighted by atomic mass is 10.0. The molecule has 0 radical (unpaired) electrons. The summed E-state index contributed by atoms with van der Waals surface area (Å²) in [6, 6.07) is 0. The lowest BCUT2D eigenvalue weighted by molar-refractivity contribution is -0.131. The topological polar surface area (TPSA) is 77.8 Å². The fourth-order valence-electron chi connectivity index (χ4n) is 1.96. The number of aliphatic carboxylic acids is 1. The van der Waals surface area contributed by atoms with Crippen molar-refractivity contribution in [3.05, 3.63) is 12.7 Å². The van der Waals surface area contributed by atoms with Crippen LogP contribution in [-0.2, 0) is 4.79 Å². The Kier molecular flexibility index (Phi) is 20.4. The summed E-state index contributed by atoms with van der Waals surface area (Å²) in [6.07, 6.45) is 14.2. The number of hydrogen-bond donors (Lipinski definition) is 3. The Morgan fingerprint density at radius 1 is 1.00 bits per heavy atom. The number of unbranched alkanes of at least 4 members (excludes halogenated alkanes) is 9. The number of hydrogen-bond acceptors (Lipinski definition) is 3. The van der Waals surface area contributed by atoms with Gasteiger partial charge in [0.05, 0.1) is 12.7 Å². The second-order valence-electron chi connectivity index (χ2n) is 5.35. The molecule has 0 aliphatic rings. The van der Waals surface area contributed by atoms with Crippen LogP contribution in [0.15, 0.2) is 12.7 Å². The van der Waals surface area contributed by atoms with Gasteiger partial charge < -0.3 is 15.3 Å². The highest BCUT2D eigenvalue weighted by molar-refractivity contribution is 5.78. The molecule has 0 heterocycles. The highest BCUT2D eigenvalue weighted by Gasteiger charge is 2.00. The Balaban J connectivity index is 0. The van der Waals surface area contributed by atoms with Gasteiger partial charge in [-0.2, -0.15) is 0 Å². The minimum absolute atomic E-state index is 0.0859. The van der Waals surface area contributed by atoms with Gasteiger partial charge in [-0.1, -0.05) is 77.7 Å². The number of carboxylic acids is 1. The molecule has 126 valence electrons. The van der Waals surface area contributed by atoms with Crippen molar-refractivity contribution < 1.29 is 20.1 Å². The van der Waals surface area contributed by atoms with Crippen molar-refractivity contribution in [1.29, 1.82) is 0 Å². The maximum atomic E-state index is 9.25. The highest BCUT2D eigenvalue weighted by atomic mass is 16.4. The van der Waals surface area contributed by atoms with E-state index in [0.29, 0.717) is 0 Å². The maximum Gasteiger partial charge on any atom is 0.327 e. The fourth-order valence-corrected chi connectivity index (χ4v) is 1.96. The lowest BCUT2D eigenvalue weighted by Gasteiger charge is -2.06. The summed E-state index contributed by atoms with van der Waals surface area (Å²) >= 11 is 0. The van der Waals surface area contributed by atoms with Crippen molar-refractivity contribution in [3.63, 3.8) is 0 Å². The molecule has 4 nitrogen and oxygen atoms in total. The third kappa shape index (κ3) is 24.5. The molecule has 21 heavy (non-hydrogen) atoms. The van der Waals surface area contributed by atoms with E-state index in [0.717, 1.165) is 18.9 Å². The maximum absolute atomic E-state index is 9.25. The Hall–Kier alpha value is -0.870. The van der Waals surface area contributed by atoms with Crippen molar-refractivity contribution in [1.82, 2.24) is 0 Å². The first-order chi connectivity index (χ1) is 10.1. The van der Waals surface area contributed by atoms with Crippen molar-refractivity contribution in [2.45, 2.75) is 83.7 Å². The summed E-state index contributed by atoms with van der Waals surface area (Å²) in [5, 5.41) is 25.4. The molecule has 4 heteroatoms. The molecular weight excluding hydrogens is 268 g/mol. The van der Waals surface area contributed by atoms with Crippen LogP contribution in [0.3, 0.4) is 0 Å². The van der Waals surface area contributed by atoms with Gasteiger partial charge in [-0.05, 0) is 6.42 Å². The van der Waals surface area contributed by atoms with E-state index in [1.54, 1.807) is 0 Å². The Morgan fingerprint density at radius 2 is 1.38 bits per heavy atom. The number of carbonyl (C=O) groups is 1. The lowest BCUT2D eigenvalue weighted by Crippen LogP contribution is -2.10. The molecule has 3 N–H and O–H groups in total. The van der Waals surface area contributed by atoms with Crippen LogP contribution in [0, 0.1) is 0 Å². The van der Waals surface area contributed by atoms with Gasteiger partial charge in [-0.15, -0.1) is 0 Å². The van der Waals surface area contributed by atoms with Crippen LogP contribution in [0.4, 0.5) is 0 Å². The zero-order valence-electron chi connectivity index (χ0n) is 13.6. The van der Waals surface area contributed by atoms with E-state index < -0.39 is 12.1 Å². The zero-order chi connectivity index (χ0) is 16.3. The minimum Gasteiger partial charge on any atom is -0.478 e. The summed E-state index contributed by atoms with van der Waals surface area (Å²) < 4.78 is 0. The van der Waals surface area contributed by atoms with Crippen molar-refractivity contribution in [2.24, 2.45) is 0 Å². The van der Waals surface area contributed by atoms with E-state index in [4.69, 9.17) is 15.3 Å². The first-order valence-corrected chi connectivity index (χ1v) is 8.22. The molecule has 0 aromatic carbocycles. The van der Waals surface area contributed by atoms with Crippen molar-refractivity contribution in [3.8, 4) is 0 Å². The van der Waals surface area contributed by atoms with Gasteiger partial charge in [0.1, 0.15) is 0 Å². The predicted octanol–water partition coefficient (Wildman–Crippen LogP) is 3.91. The molecule has 0 aromatic heterocycles. The largest absolute Gasteiger partial charge is 0.478 e. The summed E-state index contributed by atoms with van der Waals surface area (Å²) in [4.78, 5) is 9.25. The van der Waals surface area contributed by atoms with E-state index in [1.807, 2.05) is 0 Å². The summed E-state index contributed by atoms with van der Waals surface area (Å²) in [5.74, 6) is -0.981. The zero-order valence-corrected chi connectivity index (χ0v) is 13.6. The predicted molar refractivity (Wildman–Crippen MR) is 87.4 cm³/mol. The standard InChI is InChI=1S/C14H30O2.C3H4O2/c1-2-3-4-5-6-7-8-9-10-11-12-14(16)13-15;1-2-3(4)5/h14-16H,2-13H2,1H3;2H,1H2,(H,4,5). The molecule has 0 amide bonds. The molecule has 0 aliphatic heterocycles. The van der Waals surface area contributed by atoms with Gasteiger partial charge in [0, 0.05) is 6.08 Å². The molecule has 0 bridgehead atoms. The molecule has 0 rings (SSSR count). The Bertz CT molecular complexity index is 229. The van der Waals surface area contributed by atoms with Crippen LogP contribution in [0.25, 0.3) is 0 Å². The first kappa shape index (κ1) is 22.4. The molecule has 0 saturated heterocycles. The van der Waals surface area contributed by atoms with E-state index in [-0.39, 0.29) is 6.61 Å². The third-order valence-electron chi connectivity index (χ3n) is 3.28. The summed E-state index contributed by atoms with van der Waals surface area (Å²) in [6.45, 7) is 5.13. The molecular formula is C17H34O4.